The summed E-state index contributed by atoms with van der Waals surface area (Å²) in [6, 6.07) is 13.1. The highest BCUT2D eigenvalue weighted by atomic mass is 79.9. The lowest BCUT2D eigenvalue weighted by atomic mass is 10.1. The van der Waals surface area contributed by atoms with Crippen LogP contribution in [0.2, 0.25) is 0 Å². The van der Waals surface area contributed by atoms with Gasteiger partial charge in [0.2, 0.25) is 0 Å². The SMILES string of the molecule is CCN(c1cc(Br)cc(C#N)c1)c1cc(O)ccc1C. The third-order valence-corrected chi connectivity index (χ3v) is 3.58. The minimum absolute atomic E-state index is 0.236. The average molecular weight is 331 g/mol. The van der Waals surface area contributed by atoms with Crippen LogP contribution in [-0.4, -0.2) is 11.7 Å². The predicted octanol–water partition coefficient (Wildman–Crippen LogP) is 4.49. The van der Waals surface area contributed by atoms with Crippen LogP contribution in [0.4, 0.5) is 11.4 Å². The molecule has 0 heterocycles. The van der Waals surface area contributed by atoms with Crippen molar-refractivity contribution in [2.75, 3.05) is 11.4 Å². The second-order valence-corrected chi connectivity index (χ2v) is 5.44. The summed E-state index contributed by atoms with van der Waals surface area (Å²) in [5.41, 5.74) is 3.54. The van der Waals surface area contributed by atoms with Crippen molar-refractivity contribution in [2.24, 2.45) is 0 Å². The number of phenols is 1. The highest BCUT2D eigenvalue weighted by Crippen LogP contribution is 2.33. The molecule has 0 bridgehead atoms. The van der Waals surface area contributed by atoms with Gasteiger partial charge < -0.3 is 10.0 Å². The summed E-state index contributed by atoms with van der Waals surface area (Å²) in [5.74, 6) is 0.236. The van der Waals surface area contributed by atoms with Crippen molar-refractivity contribution >= 4 is 27.3 Å². The highest BCUT2D eigenvalue weighted by Gasteiger charge is 2.12. The number of hydrogen-bond donors (Lipinski definition) is 1. The Morgan fingerprint density at radius 1 is 1.25 bits per heavy atom. The van der Waals surface area contributed by atoms with E-state index in [0.29, 0.717) is 5.56 Å². The van der Waals surface area contributed by atoms with Crippen molar-refractivity contribution in [3.8, 4) is 11.8 Å². The smallest absolute Gasteiger partial charge is 0.117 e. The first-order chi connectivity index (χ1) is 9.55. The van der Waals surface area contributed by atoms with Gasteiger partial charge in [0, 0.05) is 28.5 Å². The molecule has 0 amide bonds. The first-order valence-corrected chi connectivity index (χ1v) is 7.12. The molecule has 0 radical (unpaired) electrons. The van der Waals surface area contributed by atoms with Gasteiger partial charge in [-0.2, -0.15) is 5.26 Å². The van der Waals surface area contributed by atoms with Gasteiger partial charge >= 0.3 is 0 Å². The Morgan fingerprint density at radius 3 is 2.65 bits per heavy atom. The molecule has 1 N–H and O–H groups in total. The van der Waals surface area contributed by atoms with Crippen molar-refractivity contribution in [1.82, 2.24) is 0 Å². The van der Waals surface area contributed by atoms with Crippen molar-refractivity contribution in [1.29, 1.82) is 5.26 Å². The molecule has 3 nitrogen and oxygen atoms in total. The van der Waals surface area contributed by atoms with E-state index < -0.39 is 0 Å². The molecule has 0 saturated heterocycles. The molecule has 0 aromatic heterocycles. The lowest BCUT2D eigenvalue weighted by Gasteiger charge is -2.25. The molecular formula is C16H15BrN2O. The number of anilines is 2. The largest absolute Gasteiger partial charge is 0.508 e. The monoisotopic (exact) mass is 330 g/mol. The van der Waals surface area contributed by atoms with E-state index in [1.54, 1.807) is 18.2 Å². The highest BCUT2D eigenvalue weighted by molar-refractivity contribution is 9.10. The zero-order chi connectivity index (χ0) is 14.7. The molecule has 0 aliphatic heterocycles. The molecule has 0 spiro atoms. The second-order valence-electron chi connectivity index (χ2n) is 4.52. The van der Waals surface area contributed by atoms with Crippen LogP contribution in [-0.2, 0) is 0 Å². The van der Waals surface area contributed by atoms with Crippen LogP contribution in [0.5, 0.6) is 5.75 Å². The summed E-state index contributed by atoms with van der Waals surface area (Å²) in [7, 11) is 0. The lowest BCUT2D eigenvalue weighted by molar-refractivity contribution is 0.475. The Morgan fingerprint density at radius 2 is 2.00 bits per heavy atom. The summed E-state index contributed by atoms with van der Waals surface area (Å²) >= 11 is 3.43. The van der Waals surface area contributed by atoms with Crippen LogP contribution in [0.3, 0.4) is 0 Å². The van der Waals surface area contributed by atoms with Gasteiger partial charge in [-0.3, -0.25) is 0 Å². The fourth-order valence-electron chi connectivity index (χ4n) is 2.18. The molecule has 0 aliphatic carbocycles. The molecule has 2 aromatic carbocycles. The summed E-state index contributed by atoms with van der Waals surface area (Å²) < 4.78 is 0.864. The average Bonchev–Trinajstić information content (AvgIpc) is 2.43. The van der Waals surface area contributed by atoms with Gasteiger partial charge in [-0.1, -0.05) is 22.0 Å². The van der Waals surface area contributed by atoms with Gasteiger partial charge in [0.25, 0.3) is 0 Å². The quantitative estimate of drug-likeness (QED) is 0.901. The number of rotatable bonds is 3. The number of halogens is 1. The Hall–Kier alpha value is -1.99. The predicted molar refractivity (Wildman–Crippen MR) is 84.4 cm³/mol. The van der Waals surface area contributed by atoms with Crippen LogP contribution < -0.4 is 4.90 Å². The van der Waals surface area contributed by atoms with Crippen LogP contribution in [0.1, 0.15) is 18.1 Å². The van der Waals surface area contributed by atoms with Gasteiger partial charge in [0.15, 0.2) is 0 Å². The zero-order valence-electron chi connectivity index (χ0n) is 11.4. The minimum atomic E-state index is 0.236. The molecule has 2 rings (SSSR count). The van der Waals surface area contributed by atoms with Gasteiger partial charge in [-0.15, -0.1) is 0 Å². The van der Waals surface area contributed by atoms with Crippen molar-refractivity contribution in [2.45, 2.75) is 13.8 Å². The van der Waals surface area contributed by atoms with E-state index in [-0.39, 0.29) is 5.75 Å². The lowest BCUT2D eigenvalue weighted by Crippen LogP contribution is -2.17. The number of benzene rings is 2. The third-order valence-electron chi connectivity index (χ3n) is 3.12. The Kier molecular flexibility index (Phi) is 4.31. The molecule has 0 saturated carbocycles. The van der Waals surface area contributed by atoms with E-state index in [0.717, 1.165) is 28.0 Å². The van der Waals surface area contributed by atoms with Gasteiger partial charge in [-0.25, -0.2) is 0 Å². The van der Waals surface area contributed by atoms with Crippen molar-refractivity contribution in [3.63, 3.8) is 0 Å². The number of nitriles is 1. The van der Waals surface area contributed by atoms with E-state index in [1.807, 2.05) is 32.0 Å². The molecule has 102 valence electrons. The number of nitrogens with zero attached hydrogens (tertiary/aromatic N) is 2. The molecule has 20 heavy (non-hydrogen) atoms. The van der Waals surface area contributed by atoms with E-state index in [2.05, 4.69) is 26.9 Å². The first-order valence-electron chi connectivity index (χ1n) is 6.33. The van der Waals surface area contributed by atoms with Gasteiger partial charge in [0.1, 0.15) is 5.75 Å². The Labute approximate surface area is 127 Å². The minimum Gasteiger partial charge on any atom is -0.508 e. The van der Waals surface area contributed by atoms with Crippen LogP contribution in [0.25, 0.3) is 0 Å². The Balaban J connectivity index is 2.55. The normalized spacial score (nSPS) is 10.1. The summed E-state index contributed by atoms with van der Waals surface area (Å²) in [4.78, 5) is 2.07. The molecule has 0 aliphatic rings. The first kappa shape index (κ1) is 14.4. The van der Waals surface area contributed by atoms with E-state index >= 15 is 0 Å². The Bertz CT molecular complexity index is 677. The molecular weight excluding hydrogens is 316 g/mol. The summed E-state index contributed by atoms with van der Waals surface area (Å²) in [6.45, 7) is 4.78. The maximum absolute atomic E-state index is 9.70. The standard InChI is InChI=1S/C16H15BrN2O/c1-3-19(16-9-15(20)5-4-11(16)2)14-7-12(10-18)6-13(17)8-14/h4-9,20H,3H2,1-2H3. The van der Waals surface area contributed by atoms with Crippen LogP contribution in [0, 0.1) is 18.3 Å². The molecule has 2 aromatic rings. The molecule has 0 unspecified atom stereocenters. The molecule has 4 heteroatoms. The maximum Gasteiger partial charge on any atom is 0.117 e. The maximum atomic E-state index is 9.70. The van der Waals surface area contributed by atoms with E-state index in [4.69, 9.17) is 5.26 Å². The van der Waals surface area contributed by atoms with Crippen LogP contribution in [0.15, 0.2) is 40.9 Å². The molecule has 0 atom stereocenters. The summed E-state index contributed by atoms with van der Waals surface area (Å²) in [6.07, 6.45) is 0. The zero-order valence-corrected chi connectivity index (χ0v) is 13.0. The van der Waals surface area contributed by atoms with Crippen LogP contribution >= 0.6 is 15.9 Å². The fourth-order valence-corrected chi connectivity index (χ4v) is 2.66. The van der Waals surface area contributed by atoms with Crippen molar-refractivity contribution in [3.05, 3.63) is 52.0 Å². The second kappa shape index (κ2) is 5.98. The molecule has 0 fully saturated rings. The van der Waals surface area contributed by atoms with E-state index in [1.165, 1.54) is 0 Å². The van der Waals surface area contributed by atoms with E-state index in [9.17, 15) is 5.11 Å². The number of aromatic hydroxyl groups is 1. The summed E-state index contributed by atoms with van der Waals surface area (Å²) in [5, 5.41) is 18.8. The van der Waals surface area contributed by atoms with Gasteiger partial charge in [-0.05, 0) is 43.7 Å². The van der Waals surface area contributed by atoms with Crippen molar-refractivity contribution < 1.29 is 5.11 Å². The number of aryl methyl sites for hydroxylation is 1. The number of hydrogen-bond acceptors (Lipinski definition) is 3. The fraction of sp³-hybridized carbons (Fsp3) is 0.188. The van der Waals surface area contributed by atoms with Gasteiger partial charge in [0.05, 0.1) is 11.6 Å². The topological polar surface area (TPSA) is 47.3 Å². The third kappa shape index (κ3) is 2.94. The number of phenolic OH excluding ortho intramolecular Hbond substituents is 1.